The summed E-state index contributed by atoms with van der Waals surface area (Å²) in [7, 11) is 0. The Morgan fingerprint density at radius 2 is 0.905 bits per heavy atom. The molecule has 0 bridgehead atoms. The van der Waals surface area contributed by atoms with Crippen LogP contribution in [0.4, 0.5) is 0 Å². The predicted molar refractivity (Wildman–Crippen MR) is 84.6 cm³/mol. The van der Waals surface area contributed by atoms with E-state index in [-0.39, 0.29) is 32.7 Å². The molecule has 0 heterocycles. The first-order valence-electron chi connectivity index (χ1n) is 6.71. The Morgan fingerprint density at radius 3 is 1.33 bits per heavy atom. The second-order valence-corrected chi connectivity index (χ2v) is 4.95. The van der Waals surface area contributed by atoms with E-state index in [1.807, 2.05) is 12.1 Å². The molecular formula is C20H12Y-2. The minimum absolute atomic E-state index is 0. The van der Waals surface area contributed by atoms with Gasteiger partial charge >= 0.3 is 0 Å². The minimum atomic E-state index is 0. The van der Waals surface area contributed by atoms with Gasteiger partial charge in [0.2, 0.25) is 0 Å². The van der Waals surface area contributed by atoms with Crippen LogP contribution < -0.4 is 0 Å². The molecule has 0 aliphatic carbocycles. The third-order valence-electron chi connectivity index (χ3n) is 3.65. The van der Waals surface area contributed by atoms with Gasteiger partial charge in [-0.15, -0.1) is 33.7 Å². The molecule has 0 unspecified atom stereocenters. The van der Waals surface area contributed by atoms with Crippen molar-refractivity contribution in [2.75, 3.05) is 0 Å². The van der Waals surface area contributed by atoms with Crippen molar-refractivity contribution >= 4 is 21.5 Å². The van der Waals surface area contributed by atoms with Gasteiger partial charge in [-0.2, -0.15) is 24.3 Å². The quantitative estimate of drug-likeness (QED) is 0.415. The molecule has 0 aliphatic rings. The van der Waals surface area contributed by atoms with E-state index >= 15 is 0 Å². The van der Waals surface area contributed by atoms with E-state index in [4.69, 9.17) is 0 Å². The van der Waals surface area contributed by atoms with Gasteiger partial charge in [-0.1, -0.05) is 48.5 Å². The molecule has 0 aromatic heterocycles. The molecule has 0 saturated carbocycles. The first-order valence-corrected chi connectivity index (χ1v) is 6.71. The van der Waals surface area contributed by atoms with E-state index in [0.29, 0.717) is 0 Å². The van der Waals surface area contributed by atoms with Crippen LogP contribution in [0.2, 0.25) is 0 Å². The van der Waals surface area contributed by atoms with Crippen molar-refractivity contribution in [2.45, 2.75) is 0 Å². The second-order valence-electron chi connectivity index (χ2n) is 4.95. The topological polar surface area (TPSA) is 0 Å². The maximum atomic E-state index is 3.36. The Hall–Kier alpha value is -1.50. The molecule has 0 amide bonds. The second kappa shape index (κ2) is 6.09. The van der Waals surface area contributed by atoms with Crippen LogP contribution in [-0.2, 0) is 32.7 Å². The van der Waals surface area contributed by atoms with Crippen molar-refractivity contribution in [3.8, 4) is 11.1 Å². The molecule has 0 spiro atoms. The number of hydrogen-bond donors (Lipinski definition) is 0. The molecule has 0 atom stereocenters. The van der Waals surface area contributed by atoms with Gasteiger partial charge in [0.1, 0.15) is 0 Å². The molecular weight excluding hydrogens is 329 g/mol. The standard InChI is InChI=1S/C20H12.Y/c1-3-7-17-13-19(11-9-15(17)5-1)20-12-10-16-6-2-4-8-18(16)14-20;/h1-10,13-14H;/q-2;. The van der Waals surface area contributed by atoms with Gasteiger partial charge in [0.05, 0.1) is 0 Å². The molecule has 1 radical (unpaired) electrons. The summed E-state index contributed by atoms with van der Waals surface area (Å²) in [5, 5.41) is 4.92. The maximum Gasteiger partial charge on any atom is 0 e. The summed E-state index contributed by atoms with van der Waals surface area (Å²) in [4.78, 5) is 0. The van der Waals surface area contributed by atoms with Gasteiger partial charge in [0, 0.05) is 32.7 Å². The van der Waals surface area contributed by atoms with Crippen molar-refractivity contribution in [1.29, 1.82) is 0 Å². The van der Waals surface area contributed by atoms with Crippen LogP contribution in [0, 0.1) is 12.1 Å². The van der Waals surface area contributed by atoms with Crippen molar-refractivity contribution in [3.63, 3.8) is 0 Å². The van der Waals surface area contributed by atoms with Gasteiger partial charge in [-0.3, -0.25) is 0 Å². The molecule has 4 rings (SSSR count). The largest absolute Gasteiger partial charge is 0.226 e. The fraction of sp³-hybridized carbons (Fsp3) is 0. The molecule has 97 valence electrons. The molecule has 1 heteroatoms. The smallest absolute Gasteiger partial charge is 0 e. The molecule has 0 N–H and O–H groups in total. The van der Waals surface area contributed by atoms with Gasteiger partial charge in [-0.25, -0.2) is 11.1 Å². The minimum Gasteiger partial charge on any atom is -0.226 e. The van der Waals surface area contributed by atoms with E-state index < -0.39 is 0 Å². The maximum absolute atomic E-state index is 3.36. The summed E-state index contributed by atoms with van der Waals surface area (Å²) >= 11 is 0. The molecule has 0 nitrogen and oxygen atoms in total. The van der Waals surface area contributed by atoms with Gasteiger partial charge < -0.3 is 0 Å². The van der Waals surface area contributed by atoms with Crippen molar-refractivity contribution < 1.29 is 32.7 Å². The van der Waals surface area contributed by atoms with Crippen molar-refractivity contribution in [2.24, 2.45) is 0 Å². The third-order valence-corrected chi connectivity index (χ3v) is 3.65. The Bertz CT molecular complexity index is 832. The third kappa shape index (κ3) is 2.79. The van der Waals surface area contributed by atoms with E-state index in [0.717, 1.165) is 11.1 Å². The molecule has 0 fully saturated rings. The van der Waals surface area contributed by atoms with Crippen LogP contribution >= 0.6 is 0 Å². The van der Waals surface area contributed by atoms with Crippen LogP contribution in [0.15, 0.2) is 72.8 Å². The average Bonchev–Trinajstić information content (AvgIpc) is 2.54. The van der Waals surface area contributed by atoms with E-state index in [9.17, 15) is 0 Å². The molecule has 0 aliphatic heterocycles. The average molecular weight is 341 g/mol. The van der Waals surface area contributed by atoms with Gasteiger partial charge in [0.25, 0.3) is 0 Å². The summed E-state index contributed by atoms with van der Waals surface area (Å²) in [6.07, 6.45) is 0. The van der Waals surface area contributed by atoms with E-state index in [1.165, 1.54) is 21.5 Å². The SMILES string of the molecule is [Y].[c-]1cc2ccccc2cc1-c1[c-]cc2ccccc2c1. The van der Waals surface area contributed by atoms with Crippen LogP contribution in [-0.4, -0.2) is 0 Å². The zero-order chi connectivity index (χ0) is 13.4. The Kier molecular flexibility index (Phi) is 4.19. The van der Waals surface area contributed by atoms with E-state index in [1.54, 1.807) is 0 Å². The molecule has 21 heavy (non-hydrogen) atoms. The number of fused-ring (bicyclic) bond motifs is 2. The van der Waals surface area contributed by atoms with E-state index in [2.05, 4.69) is 72.8 Å². The zero-order valence-electron chi connectivity index (χ0n) is 11.5. The van der Waals surface area contributed by atoms with Crippen LogP contribution in [0.25, 0.3) is 32.7 Å². The predicted octanol–water partition coefficient (Wildman–Crippen LogP) is 5.26. The summed E-state index contributed by atoms with van der Waals surface area (Å²) < 4.78 is 0. The van der Waals surface area contributed by atoms with Gasteiger partial charge in [-0.05, 0) is 0 Å². The van der Waals surface area contributed by atoms with Gasteiger partial charge in [0.15, 0.2) is 0 Å². The number of rotatable bonds is 1. The Morgan fingerprint density at radius 1 is 0.524 bits per heavy atom. The number of hydrogen-bond acceptors (Lipinski definition) is 0. The van der Waals surface area contributed by atoms with Crippen LogP contribution in [0.3, 0.4) is 0 Å². The molecule has 0 saturated heterocycles. The fourth-order valence-electron chi connectivity index (χ4n) is 2.56. The van der Waals surface area contributed by atoms with Crippen LogP contribution in [0.1, 0.15) is 0 Å². The first kappa shape index (κ1) is 14.4. The van der Waals surface area contributed by atoms with Crippen LogP contribution in [0.5, 0.6) is 0 Å². The zero-order valence-corrected chi connectivity index (χ0v) is 14.3. The number of benzene rings is 4. The summed E-state index contributed by atoms with van der Waals surface area (Å²) in [6, 6.07) is 31.9. The molecule has 4 aromatic rings. The first-order chi connectivity index (χ1) is 9.90. The molecule has 4 aromatic carbocycles. The Balaban J connectivity index is 0.00000132. The van der Waals surface area contributed by atoms with Crippen molar-refractivity contribution in [3.05, 3.63) is 84.9 Å². The Labute approximate surface area is 149 Å². The summed E-state index contributed by atoms with van der Waals surface area (Å²) in [5.74, 6) is 0. The fourth-order valence-corrected chi connectivity index (χ4v) is 2.56. The summed E-state index contributed by atoms with van der Waals surface area (Å²) in [6.45, 7) is 0. The normalized spacial score (nSPS) is 10.5. The summed E-state index contributed by atoms with van der Waals surface area (Å²) in [5.41, 5.74) is 2.18. The monoisotopic (exact) mass is 341 g/mol. The van der Waals surface area contributed by atoms with Crippen molar-refractivity contribution in [1.82, 2.24) is 0 Å².